The van der Waals surface area contributed by atoms with E-state index in [9.17, 15) is 9.59 Å². The minimum Gasteiger partial charge on any atom is -0.462 e. The van der Waals surface area contributed by atoms with Gasteiger partial charge in [0.1, 0.15) is 9.88 Å². The minimum atomic E-state index is -0.487. The summed E-state index contributed by atoms with van der Waals surface area (Å²) in [5, 5.41) is 0.299. The van der Waals surface area contributed by atoms with Crippen molar-refractivity contribution in [1.82, 2.24) is 0 Å². The first-order chi connectivity index (χ1) is 8.56. The van der Waals surface area contributed by atoms with E-state index in [2.05, 4.69) is 0 Å². The first-order valence-electron chi connectivity index (χ1n) is 5.82. The number of nitrogens with two attached hydrogens (primary N) is 1. The summed E-state index contributed by atoms with van der Waals surface area (Å²) >= 11 is 1.07. The number of esters is 2. The van der Waals surface area contributed by atoms with Crippen LogP contribution in [0.4, 0.5) is 5.00 Å². The van der Waals surface area contributed by atoms with Gasteiger partial charge in [-0.05, 0) is 25.8 Å². The van der Waals surface area contributed by atoms with Gasteiger partial charge in [-0.2, -0.15) is 0 Å². The van der Waals surface area contributed by atoms with Crippen molar-refractivity contribution in [1.29, 1.82) is 0 Å². The monoisotopic (exact) mass is 271 g/mol. The van der Waals surface area contributed by atoms with Crippen LogP contribution in [0.3, 0.4) is 0 Å². The van der Waals surface area contributed by atoms with E-state index in [0.29, 0.717) is 27.4 Å². The number of anilines is 1. The lowest BCUT2D eigenvalue weighted by Crippen LogP contribution is -2.10. The molecule has 1 heterocycles. The molecule has 0 aromatic carbocycles. The number of rotatable bonds is 5. The highest BCUT2D eigenvalue weighted by atomic mass is 32.1. The molecule has 0 aliphatic carbocycles. The van der Waals surface area contributed by atoms with E-state index >= 15 is 0 Å². The van der Waals surface area contributed by atoms with Crippen LogP contribution in [0, 0.1) is 0 Å². The molecule has 0 unspecified atom stereocenters. The van der Waals surface area contributed by atoms with Crippen LogP contribution in [-0.2, 0) is 15.9 Å². The standard InChI is InChI=1S/C12H17NO4S/c1-4-7-8(11(14)16-5-2)10(13)18-9(7)12(15)17-6-3/h4-6,13H2,1-3H3. The molecule has 0 bridgehead atoms. The van der Waals surface area contributed by atoms with Crippen LogP contribution in [0.2, 0.25) is 0 Å². The molecule has 100 valence electrons. The number of hydrogen-bond donors (Lipinski definition) is 1. The number of thiophene rings is 1. The van der Waals surface area contributed by atoms with Crippen LogP contribution in [0.25, 0.3) is 0 Å². The summed E-state index contributed by atoms with van der Waals surface area (Å²) in [6, 6.07) is 0. The SMILES string of the molecule is CCOC(=O)c1sc(N)c(C(=O)OCC)c1CC. The van der Waals surface area contributed by atoms with Crippen LogP contribution in [0.15, 0.2) is 0 Å². The Balaban J connectivity index is 3.20. The van der Waals surface area contributed by atoms with Crippen molar-refractivity contribution in [2.75, 3.05) is 18.9 Å². The van der Waals surface area contributed by atoms with Gasteiger partial charge in [-0.3, -0.25) is 0 Å². The summed E-state index contributed by atoms with van der Waals surface area (Å²) in [6.45, 7) is 5.86. The molecule has 0 saturated carbocycles. The third-order valence-corrected chi connectivity index (χ3v) is 3.37. The highest BCUT2D eigenvalue weighted by Gasteiger charge is 2.26. The number of carbonyl (C=O) groups excluding carboxylic acids is 2. The molecule has 1 aromatic heterocycles. The third kappa shape index (κ3) is 2.81. The molecule has 1 aromatic rings. The van der Waals surface area contributed by atoms with E-state index < -0.39 is 11.9 Å². The number of carbonyl (C=O) groups is 2. The van der Waals surface area contributed by atoms with Gasteiger partial charge < -0.3 is 15.2 Å². The van der Waals surface area contributed by atoms with E-state index in [1.165, 1.54) is 0 Å². The first-order valence-corrected chi connectivity index (χ1v) is 6.63. The molecule has 0 aliphatic heterocycles. The fourth-order valence-corrected chi connectivity index (χ4v) is 2.65. The Bertz CT molecular complexity index is 453. The van der Waals surface area contributed by atoms with E-state index in [4.69, 9.17) is 15.2 Å². The highest BCUT2D eigenvalue weighted by Crippen LogP contribution is 2.32. The van der Waals surface area contributed by atoms with Gasteiger partial charge in [-0.25, -0.2) is 9.59 Å². The maximum atomic E-state index is 11.8. The fraction of sp³-hybridized carbons (Fsp3) is 0.500. The summed E-state index contributed by atoms with van der Waals surface area (Å²) < 4.78 is 9.88. The molecular formula is C12H17NO4S. The molecule has 0 saturated heterocycles. The Morgan fingerprint density at radius 3 is 2.17 bits per heavy atom. The van der Waals surface area contributed by atoms with E-state index in [0.717, 1.165) is 11.3 Å². The van der Waals surface area contributed by atoms with Gasteiger partial charge in [-0.1, -0.05) is 6.92 Å². The maximum absolute atomic E-state index is 11.8. The second-order valence-electron chi connectivity index (χ2n) is 3.44. The first kappa shape index (κ1) is 14.5. The zero-order valence-corrected chi connectivity index (χ0v) is 11.6. The van der Waals surface area contributed by atoms with Crippen LogP contribution in [-0.4, -0.2) is 25.2 Å². The highest BCUT2D eigenvalue weighted by molar-refractivity contribution is 7.18. The van der Waals surface area contributed by atoms with Crippen molar-refractivity contribution in [3.63, 3.8) is 0 Å². The van der Waals surface area contributed by atoms with Gasteiger partial charge in [0.05, 0.1) is 18.8 Å². The molecule has 0 amide bonds. The summed E-state index contributed by atoms with van der Waals surface area (Å²) in [6.07, 6.45) is 0.524. The van der Waals surface area contributed by atoms with Crippen molar-refractivity contribution < 1.29 is 19.1 Å². The Hall–Kier alpha value is -1.56. The predicted octanol–water partition coefficient (Wildman–Crippen LogP) is 2.25. The van der Waals surface area contributed by atoms with Crippen molar-refractivity contribution in [2.45, 2.75) is 27.2 Å². The number of hydrogen-bond acceptors (Lipinski definition) is 6. The molecule has 5 nitrogen and oxygen atoms in total. The van der Waals surface area contributed by atoms with Gasteiger partial charge in [0.25, 0.3) is 0 Å². The lowest BCUT2D eigenvalue weighted by atomic mass is 10.1. The quantitative estimate of drug-likeness (QED) is 0.831. The van der Waals surface area contributed by atoms with E-state index in [1.807, 2.05) is 6.92 Å². The molecular weight excluding hydrogens is 254 g/mol. The smallest absolute Gasteiger partial charge is 0.348 e. The van der Waals surface area contributed by atoms with Crippen LogP contribution in [0.1, 0.15) is 46.4 Å². The fourth-order valence-electron chi connectivity index (χ4n) is 1.61. The normalized spacial score (nSPS) is 10.2. The van der Waals surface area contributed by atoms with Crippen LogP contribution < -0.4 is 5.73 Å². The van der Waals surface area contributed by atoms with Gasteiger partial charge in [0, 0.05) is 0 Å². The van der Waals surface area contributed by atoms with Gasteiger partial charge in [0.2, 0.25) is 0 Å². The Morgan fingerprint density at radius 1 is 1.11 bits per heavy atom. The summed E-state index contributed by atoms with van der Waals surface area (Å²) in [7, 11) is 0. The molecule has 6 heteroatoms. The number of ether oxygens (including phenoxy) is 2. The zero-order chi connectivity index (χ0) is 13.7. The predicted molar refractivity (Wildman–Crippen MR) is 70.0 cm³/mol. The topological polar surface area (TPSA) is 78.6 Å². The Morgan fingerprint density at radius 2 is 1.67 bits per heavy atom. The molecule has 0 radical (unpaired) electrons. The largest absolute Gasteiger partial charge is 0.462 e. The molecule has 0 spiro atoms. The average Bonchev–Trinajstić information content (AvgIpc) is 2.66. The van der Waals surface area contributed by atoms with Gasteiger partial charge >= 0.3 is 11.9 Å². The lowest BCUT2D eigenvalue weighted by molar-refractivity contribution is 0.0527. The van der Waals surface area contributed by atoms with Crippen molar-refractivity contribution in [3.05, 3.63) is 16.0 Å². The maximum Gasteiger partial charge on any atom is 0.348 e. The third-order valence-electron chi connectivity index (χ3n) is 2.33. The summed E-state index contributed by atoms with van der Waals surface area (Å²) in [5.41, 5.74) is 6.70. The zero-order valence-electron chi connectivity index (χ0n) is 10.7. The molecule has 1 rings (SSSR count). The van der Waals surface area contributed by atoms with Crippen molar-refractivity contribution in [2.24, 2.45) is 0 Å². The van der Waals surface area contributed by atoms with E-state index in [1.54, 1.807) is 13.8 Å². The lowest BCUT2D eigenvalue weighted by Gasteiger charge is -2.05. The van der Waals surface area contributed by atoms with Crippen LogP contribution in [0.5, 0.6) is 0 Å². The second-order valence-corrected chi connectivity index (χ2v) is 4.50. The Kier molecular flexibility index (Phi) is 5.15. The Labute approximate surface area is 110 Å². The van der Waals surface area contributed by atoms with Crippen molar-refractivity contribution in [3.8, 4) is 0 Å². The minimum absolute atomic E-state index is 0.270. The van der Waals surface area contributed by atoms with Crippen LogP contribution >= 0.6 is 11.3 Å². The molecule has 2 N–H and O–H groups in total. The average molecular weight is 271 g/mol. The number of nitrogen functional groups attached to an aromatic ring is 1. The van der Waals surface area contributed by atoms with E-state index in [-0.39, 0.29) is 13.2 Å². The molecule has 18 heavy (non-hydrogen) atoms. The molecule has 0 aliphatic rings. The summed E-state index contributed by atoms with van der Waals surface area (Å²) in [4.78, 5) is 23.9. The van der Waals surface area contributed by atoms with Gasteiger partial charge in [0.15, 0.2) is 0 Å². The van der Waals surface area contributed by atoms with Gasteiger partial charge in [-0.15, -0.1) is 11.3 Å². The molecule has 0 atom stereocenters. The second kappa shape index (κ2) is 6.39. The summed E-state index contributed by atoms with van der Waals surface area (Å²) in [5.74, 6) is -0.930. The molecule has 0 fully saturated rings. The van der Waals surface area contributed by atoms with Crippen molar-refractivity contribution >= 4 is 28.3 Å².